The van der Waals surface area contributed by atoms with Crippen LogP contribution in [-0.4, -0.2) is 34.9 Å². The summed E-state index contributed by atoms with van der Waals surface area (Å²) in [5.41, 5.74) is 1.14. The van der Waals surface area contributed by atoms with Crippen LogP contribution < -0.4 is 0 Å². The monoisotopic (exact) mass is 267 g/mol. The number of likely N-dealkylation sites (N-methyl/N-ethyl adjacent to an activating group) is 1. The van der Waals surface area contributed by atoms with Gasteiger partial charge < -0.3 is 4.90 Å². The molecule has 0 saturated carbocycles. The molecule has 0 spiro atoms. The average Bonchev–Trinajstić information content (AvgIpc) is 2.59. The van der Waals surface area contributed by atoms with Crippen LogP contribution in [0.15, 0.2) is 29.0 Å². The molecule has 0 amide bonds. The van der Waals surface area contributed by atoms with Gasteiger partial charge in [0.1, 0.15) is 5.82 Å². The standard InChI is InChI=1S/C11H14BrN3/c1-14(2)7-6-11-13-8-9-4-3-5-10(12)15(9)11/h3-5,8H,6-7H2,1-2H3. The number of hydrogen-bond acceptors (Lipinski definition) is 2. The Kier molecular flexibility index (Phi) is 3.07. The lowest BCUT2D eigenvalue weighted by atomic mass is 10.3. The molecule has 0 aliphatic heterocycles. The number of hydrogen-bond donors (Lipinski definition) is 0. The maximum absolute atomic E-state index is 4.43. The summed E-state index contributed by atoms with van der Waals surface area (Å²) in [6.45, 7) is 1.01. The zero-order valence-electron chi connectivity index (χ0n) is 8.94. The predicted molar refractivity (Wildman–Crippen MR) is 65.2 cm³/mol. The van der Waals surface area contributed by atoms with Crippen LogP contribution in [-0.2, 0) is 6.42 Å². The molecule has 2 heterocycles. The Hall–Kier alpha value is -0.870. The van der Waals surface area contributed by atoms with E-state index >= 15 is 0 Å². The van der Waals surface area contributed by atoms with Crippen molar-refractivity contribution in [2.24, 2.45) is 0 Å². The molecule has 2 rings (SSSR count). The van der Waals surface area contributed by atoms with Crippen molar-refractivity contribution in [2.45, 2.75) is 6.42 Å². The van der Waals surface area contributed by atoms with Crippen LogP contribution in [0.25, 0.3) is 5.52 Å². The lowest BCUT2D eigenvalue weighted by Gasteiger charge is -2.09. The molecule has 0 aliphatic carbocycles. The van der Waals surface area contributed by atoms with Gasteiger partial charge in [-0.1, -0.05) is 6.07 Å². The summed E-state index contributed by atoms with van der Waals surface area (Å²) in [5, 5.41) is 0. The SMILES string of the molecule is CN(C)CCc1ncc2cccc(Br)n12. The quantitative estimate of drug-likeness (QED) is 0.795. The molecule has 0 fully saturated rings. The first-order valence-electron chi connectivity index (χ1n) is 4.94. The third kappa shape index (κ3) is 2.21. The van der Waals surface area contributed by atoms with E-state index in [0.29, 0.717) is 0 Å². The van der Waals surface area contributed by atoms with Crippen LogP contribution in [0.5, 0.6) is 0 Å². The van der Waals surface area contributed by atoms with Gasteiger partial charge in [0.2, 0.25) is 0 Å². The number of rotatable bonds is 3. The smallest absolute Gasteiger partial charge is 0.115 e. The molecule has 0 aliphatic rings. The summed E-state index contributed by atoms with van der Waals surface area (Å²) in [6.07, 6.45) is 2.87. The van der Waals surface area contributed by atoms with Gasteiger partial charge >= 0.3 is 0 Å². The van der Waals surface area contributed by atoms with E-state index in [0.717, 1.165) is 28.9 Å². The number of imidazole rings is 1. The molecule has 4 heteroatoms. The predicted octanol–water partition coefficient (Wildman–Crippen LogP) is 2.20. The number of aromatic nitrogens is 2. The van der Waals surface area contributed by atoms with Gasteiger partial charge in [-0.2, -0.15) is 0 Å². The van der Waals surface area contributed by atoms with Gasteiger partial charge in [0, 0.05) is 13.0 Å². The van der Waals surface area contributed by atoms with Gasteiger partial charge in [-0.25, -0.2) is 4.98 Å². The Balaban J connectivity index is 2.35. The lowest BCUT2D eigenvalue weighted by molar-refractivity contribution is 0.409. The minimum absolute atomic E-state index is 0.962. The topological polar surface area (TPSA) is 20.5 Å². The Bertz CT molecular complexity index is 462. The molecule has 3 nitrogen and oxygen atoms in total. The van der Waals surface area contributed by atoms with Gasteiger partial charge in [-0.15, -0.1) is 0 Å². The third-order valence-corrected chi connectivity index (χ3v) is 2.98. The first-order chi connectivity index (χ1) is 7.18. The molecule has 0 atom stereocenters. The summed E-state index contributed by atoms with van der Waals surface area (Å²) in [7, 11) is 4.15. The van der Waals surface area contributed by atoms with Gasteiger partial charge in [0.05, 0.1) is 16.3 Å². The lowest BCUT2D eigenvalue weighted by Crippen LogP contribution is -2.16. The van der Waals surface area contributed by atoms with E-state index in [1.54, 1.807) is 0 Å². The number of nitrogens with zero attached hydrogens (tertiary/aromatic N) is 3. The van der Waals surface area contributed by atoms with Crippen LogP contribution >= 0.6 is 15.9 Å². The summed E-state index contributed by atoms with van der Waals surface area (Å²) in [5.74, 6) is 1.10. The fourth-order valence-electron chi connectivity index (χ4n) is 1.57. The van der Waals surface area contributed by atoms with E-state index in [2.05, 4.69) is 50.4 Å². The Morgan fingerprint density at radius 2 is 2.20 bits per heavy atom. The third-order valence-electron chi connectivity index (χ3n) is 2.36. The van der Waals surface area contributed by atoms with Crippen LogP contribution in [0, 0.1) is 0 Å². The van der Waals surface area contributed by atoms with Crippen molar-refractivity contribution in [3.8, 4) is 0 Å². The highest BCUT2D eigenvalue weighted by atomic mass is 79.9. The largest absolute Gasteiger partial charge is 0.309 e. The Morgan fingerprint density at radius 1 is 1.40 bits per heavy atom. The van der Waals surface area contributed by atoms with Crippen LogP contribution in [0.3, 0.4) is 0 Å². The van der Waals surface area contributed by atoms with Gasteiger partial charge in [-0.3, -0.25) is 4.40 Å². The van der Waals surface area contributed by atoms with Crippen molar-refractivity contribution in [3.63, 3.8) is 0 Å². The van der Waals surface area contributed by atoms with Crippen LogP contribution in [0.4, 0.5) is 0 Å². The zero-order valence-corrected chi connectivity index (χ0v) is 10.5. The summed E-state index contributed by atoms with van der Waals surface area (Å²) < 4.78 is 3.20. The van der Waals surface area contributed by atoms with Gasteiger partial charge in [0.15, 0.2) is 0 Å². The van der Waals surface area contributed by atoms with Crippen molar-refractivity contribution >= 4 is 21.4 Å². The second kappa shape index (κ2) is 4.33. The zero-order chi connectivity index (χ0) is 10.8. The Morgan fingerprint density at radius 3 is 2.93 bits per heavy atom. The molecule has 0 bridgehead atoms. The summed E-state index contributed by atoms with van der Waals surface area (Å²) in [6, 6.07) is 6.13. The normalized spacial score (nSPS) is 11.5. The average molecular weight is 268 g/mol. The molecule has 15 heavy (non-hydrogen) atoms. The first-order valence-corrected chi connectivity index (χ1v) is 5.73. The molecule has 0 saturated heterocycles. The maximum Gasteiger partial charge on any atom is 0.115 e. The van der Waals surface area contributed by atoms with Crippen molar-refractivity contribution < 1.29 is 0 Å². The van der Waals surface area contributed by atoms with Crippen LogP contribution in [0.2, 0.25) is 0 Å². The molecule has 0 radical (unpaired) electrons. The fourth-order valence-corrected chi connectivity index (χ4v) is 2.13. The van der Waals surface area contributed by atoms with Crippen molar-refractivity contribution in [1.29, 1.82) is 0 Å². The van der Waals surface area contributed by atoms with E-state index in [9.17, 15) is 0 Å². The second-order valence-corrected chi connectivity index (χ2v) is 4.65. The number of pyridine rings is 1. The maximum atomic E-state index is 4.43. The highest BCUT2D eigenvalue weighted by Gasteiger charge is 2.05. The second-order valence-electron chi connectivity index (χ2n) is 3.84. The molecule has 2 aromatic rings. The highest BCUT2D eigenvalue weighted by molar-refractivity contribution is 9.10. The molecular formula is C11H14BrN3. The molecule has 0 aromatic carbocycles. The molecule has 0 N–H and O–H groups in total. The van der Waals surface area contributed by atoms with E-state index in [1.807, 2.05) is 18.3 Å². The van der Waals surface area contributed by atoms with Crippen LogP contribution in [0.1, 0.15) is 5.82 Å². The van der Waals surface area contributed by atoms with Crippen molar-refractivity contribution in [1.82, 2.24) is 14.3 Å². The highest BCUT2D eigenvalue weighted by Crippen LogP contribution is 2.16. The van der Waals surface area contributed by atoms with Crippen molar-refractivity contribution in [2.75, 3.05) is 20.6 Å². The minimum atomic E-state index is 0.962. The number of fused-ring (bicyclic) bond motifs is 1. The van der Waals surface area contributed by atoms with E-state index in [4.69, 9.17) is 0 Å². The number of halogens is 1. The molecular weight excluding hydrogens is 254 g/mol. The van der Waals surface area contributed by atoms with Gasteiger partial charge in [-0.05, 0) is 42.2 Å². The Labute approximate surface area is 97.9 Å². The first kappa shape index (κ1) is 10.6. The molecule has 0 unspecified atom stereocenters. The summed E-state index contributed by atoms with van der Waals surface area (Å²) in [4.78, 5) is 6.60. The van der Waals surface area contributed by atoms with Gasteiger partial charge in [0.25, 0.3) is 0 Å². The minimum Gasteiger partial charge on any atom is -0.309 e. The van der Waals surface area contributed by atoms with E-state index in [-0.39, 0.29) is 0 Å². The fraction of sp³-hybridized carbons (Fsp3) is 0.364. The van der Waals surface area contributed by atoms with E-state index in [1.165, 1.54) is 0 Å². The summed E-state index contributed by atoms with van der Waals surface area (Å²) >= 11 is 3.54. The molecule has 2 aromatic heterocycles. The van der Waals surface area contributed by atoms with Crippen molar-refractivity contribution in [3.05, 3.63) is 34.8 Å². The molecule has 80 valence electrons. The van der Waals surface area contributed by atoms with E-state index < -0.39 is 0 Å².